The Morgan fingerprint density at radius 2 is 2.22 bits per heavy atom. The highest BCUT2D eigenvalue weighted by atomic mass is 16.5. The quantitative estimate of drug-likeness (QED) is 0.888. The van der Waals surface area contributed by atoms with Crippen LogP contribution in [0.2, 0.25) is 0 Å². The van der Waals surface area contributed by atoms with Crippen LogP contribution in [0, 0.1) is 18.3 Å². The van der Waals surface area contributed by atoms with Crippen LogP contribution in [0.5, 0.6) is 0 Å². The molecule has 6 heteroatoms. The Hall–Kier alpha value is -2.78. The maximum Gasteiger partial charge on any atom is 0.322 e. The molecule has 6 nitrogen and oxygen atoms in total. The number of anilines is 1. The number of carbonyl (C=O) groups excluding carboxylic acids is 1. The number of rotatable bonds is 6. The van der Waals surface area contributed by atoms with E-state index in [2.05, 4.69) is 5.32 Å². The number of nitrogens with one attached hydrogen (secondary N) is 1. The molecule has 0 aliphatic heterocycles. The van der Waals surface area contributed by atoms with Gasteiger partial charge in [-0.05, 0) is 37.3 Å². The Balaban J connectivity index is 2.07. The van der Waals surface area contributed by atoms with Gasteiger partial charge in [-0.1, -0.05) is 6.07 Å². The summed E-state index contributed by atoms with van der Waals surface area (Å²) < 4.78 is 10.6. The van der Waals surface area contributed by atoms with Crippen molar-refractivity contribution in [2.75, 3.05) is 25.6 Å². The number of carbonyl (C=O) groups is 1. The second-order valence-electron chi connectivity index (χ2n) is 5.05. The monoisotopic (exact) mass is 313 g/mol. The summed E-state index contributed by atoms with van der Waals surface area (Å²) in [6, 6.07) is 12.3. The number of hydrogen-bond donors (Lipinski definition) is 1. The lowest BCUT2D eigenvalue weighted by Gasteiger charge is -2.22. The molecule has 1 heterocycles. The lowest BCUT2D eigenvalue weighted by Crippen LogP contribution is -2.36. The third-order valence-corrected chi connectivity index (χ3v) is 3.24. The van der Waals surface area contributed by atoms with Crippen molar-refractivity contribution in [3.05, 3.63) is 53.5 Å². The van der Waals surface area contributed by atoms with Gasteiger partial charge in [0, 0.05) is 19.3 Å². The lowest BCUT2D eigenvalue weighted by molar-refractivity contribution is 0.149. The predicted octanol–water partition coefficient (Wildman–Crippen LogP) is 3.14. The highest BCUT2D eigenvalue weighted by Gasteiger charge is 2.16. The number of benzene rings is 1. The number of methoxy groups -OCH3 is 1. The Morgan fingerprint density at radius 3 is 2.87 bits per heavy atom. The molecular formula is C17H19N3O3. The molecule has 0 atom stereocenters. The molecule has 0 spiro atoms. The molecule has 0 unspecified atom stereocenters. The molecule has 0 fully saturated rings. The van der Waals surface area contributed by atoms with Crippen LogP contribution in [0.4, 0.5) is 10.5 Å². The van der Waals surface area contributed by atoms with Crippen LogP contribution in [0.25, 0.3) is 0 Å². The van der Waals surface area contributed by atoms with Crippen molar-refractivity contribution in [3.8, 4) is 6.07 Å². The van der Waals surface area contributed by atoms with E-state index in [1.165, 1.54) is 0 Å². The molecule has 2 rings (SSSR count). The number of furan rings is 1. The third kappa shape index (κ3) is 4.87. The van der Waals surface area contributed by atoms with Crippen LogP contribution < -0.4 is 5.32 Å². The summed E-state index contributed by atoms with van der Waals surface area (Å²) in [6.45, 7) is 3.06. The minimum absolute atomic E-state index is 0.272. The number of nitriles is 1. The number of hydrogen-bond acceptors (Lipinski definition) is 4. The van der Waals surface area contributed by atoms with E-state index in [0.717, 1.165) is 5.76 Å². The van der Waals surface area contributed by atoms with Gasteiger partial charge in [0.25, 0.3) is 0 Å². The van der Waals surface area contributed by atoms with Crippen molar-refractivity contribution in [2.45, 2.75) is 13.5 Å². The van der Waals surface area contributed by atoms with Crippen molar-refractivity contribution in [1.29, 1.82) is 5.26 Å². The first kappa shape index (κ1) is 16.6. The van der Waals surface area contributed by atoms with Crippen LogP contribution in [0.3, 0.4) is 0 Å². The van der Waals surface area contributed by atoms with E-state index in [9.17, 15) is 4.79 Å². The second kappa shape index (κ2) is 8.01. The first-order chi connectivity index (χ1) is 11.1. The summed E-state index contributed by atoms with van der Waals surface area (Å²) in [4.78, 5) is 14.1. The fourth-order valence-electron chi connectivity index (χ4n) is 2.08. The SMILES string of the molecule is COCCN(Cc1ccc(C)o1)C(=O)Nc1cccc(C#N)c1. The van der Waals surface area contributed by atoms with Gasteiger partial charge in [-0.2, -0.15) is 5.26 Å². The maximum atomic E-state index is 12.5. The number of urea groups is 1. The van der Waals surface area contributed by atoms with E-state index in [1.54, 1.807) is 36.3 Å². The van der Waals surface area contributed by atoms with Crippen molar-refractivity contribution in [3.63, 3.8) is 0 Å². The normalized spacial score (nSPS) is 10.1. The van der Waals surface area contributed by atoms with Crippen LogP contribution >= 0.6 is 0 Å². The largest absolute Gasteiger partial charge is 0.464 e. The molecule has 0 saturated heterocycles. The molecule has 1 N–H and O–H groups in total. The zero-order chi connectivity index (χ0) is 16.7. The van der Waals surface area contributed by atoms with Crippen molar-refractivity contribution < 1.29 is 13.9 Å². The van der Waals surface area contributed by atoms with Crippen molar-refractivity contribution in [1.82, 2.24) is 4.90 Å². The highest BCUT2D eigenvalue weighted by Crippen LogP contribution is 2.13. The number of ether oxygens (including phenoxy) is 1. The van der Waals surface area contributed by atoms with Gasteiger partial charge in [0.1, 0.15) is 11.5 Å². The molecule has 2 aromatic rings. The fourth-order valence-corrected chi connectivity index (χ4v) is 2.08. The highest BCUT2D eigenvalue weighted by molar-refractivity contribution is 5.89. The van der Waals surface area contributed by atoms with Gasteiger partial charge in [0.05, 0.1) is 24.8 Å². The van der Waals surface area contributed by atoms with Crippen molar-refractivity contribution >= 4 is 11.7 Å². The first-order valence-corrected chi connectivity index (χ1v) is 7.22. The molecule has 1 aromatic carbocycles. The van der Waals surface area contributed by atoms with Gasteiger partial charge in [-0.25, -0.2) is 4.79 Å². The van der Waals surface area contributed by atoms with Gasteiger partial charge in [-0.15, -0.1) is 0 Å². The van der Waals surface area contributed by atoms with Gasteiger partial charge >= 0.3 is 6.03 Å². The van der Waals surface area contributed by atoms with Crippen LogP contribution in [0.1, 0.15) is 17.1 Å². The third-order valence-electron chi connectivity index (χ3n) is 3.24. The minimum atomic E-state index is -0.272. The molecule has 0 aliphatic rings. The van der Waals surface area contributed by atoms with Crippen molar-refractivity contribution in [2.24, 2.45) is 0 Å². The zero-order valence-corrected chi connectivity index (χ0v) is 13.2. The lowest BCUT2D eigenvalue weighted by atomic mass is 10.2. The number of amides is 2. The Morgan fingerprint density at radius 1 is 1.39 bits per heavy atom. The summed E-state index contributed by atoms with van der Waals surface area (Å²) in [5.41, 5.74) is 1.07. The Kier molecular flexibility index (Phi) is 5.78. The smallest absolute Gasteiger partial charge is 0.322 e. The zero-order valence-electron chi connectivity index (χ0n) is 13.2. The van der Waals surface area contributed by atoms with E-state index < -0.39 is 0 Å². The molecule has 120 valence electrons. The Bertz CT molecular complexity index is 703. The van der Waals surface area contributed by atoms with E-state index in [1.807, 2.05) is 25.1 Å². The average Bonchev–Trinajstić information content (AvgIpc) is 2.96. The van der Waals surface area contributed by atoms with E-state index in [0.29, 0.717) is 36.7 Å². The van der Waals surface area contributed by atoms with Gasteiger partial charge in [0.2, 0.25) is 0 Å². The minimum Gasteiger partial charge on any atom is -0.464 e. The Labute approximate surface area is 135 Å². The molecule has 23 heavy (non-hydrogen) atoms. The number of aryl methyl sites for hydroxylation is 1. The standard InChI is InChI=1S/C17H19N3O3/c1-13-6-7-16(23-13)12-20(8-9-22-2)17(21)19-15-5-3-4-14(10-15)11-18/h3-7,10H,8-9,12H2,1-2H3,(H,19,21). The van der Waals surface area contributed by atoms with Crippen LogP contribution in [-0.2, 0) is 11.3 Å². The molecule has 0 bridgehead atoms. The van der Waals surface area contributed by atoms with E-state index in [4.69, 9.17) is 14.4 Å². The summed E-state index contributed by atoms with van der Waals surface area (Å²) in [7, 11) is 1.59. The summed E-state index contributed by atoms with van der Waals surface area (Å²) in [5.74, 6) is 1.51. The van der Waals surface area contributed by atoms with Gasteiger partial charge in [-0.3, -0.25) is 0 Å². The first-order valence-electron chi connectivity index (χ1n) is 7.22. The molecule has 0 saturated carbocycles. The number of nitrogens with zero attached hydrogens (tertiary/aromatic N) is 2. The molecular weight excluding hydrogens is 294 g/mol. The summed E-state index contributed by atoms with van der Waals surface area (Å²) >= 11 is 0. The fraction of sp³-hybridized carbons (Fsp3) is 0.294. The topological polar surface area (TPSA) is 78.5 Å². The molecule has 1 aromatic heterocycles. The average molecular weight is 313 g/mol. The van der Waals surface area contributed by atoms with Gasteiger partial charge in [0.15, 0.2) is 0 Å². The summed E-state index contributed by atoms with van der Waals surface area (Å²) in [6.07, 6.45) is 0. The molecule has 0 aliphatic carbocycles. The van der Waals surface area contributed by atoms with Crippen LogP contribution in [0.15, 0.2) is 40.8 Å². The predicted molar refractivity (Wildman–Crippen MR) is 85.9 cm³/mol. The second-order valence-corrected chi connectivity index (χ2v) is 5.05. The molecule has 0 radical (unpaired) electrons. The summed E-state index contributed by atoms with van der Waals surface area (Å²) in [5, 5.41) is 11.7. The molecule has 2 amide bonds. The van der Waals surface area contributed by atoms with Crippen LogP contribution in [-0.4, -0.2) is 31.2 Å². The van der Waals surface area contributed by atoms with Gasteiger partial charge < -0.3 is 19.4 Å². The van der Waals surface area contributed by atoms with E-state index in [-0.39, 0.29) is 6.03 Å². The van der Waals surface area contributed by atoms with E-state index >= 15 is 0 Å². The maximum absolute atomic E-state index is 12.5.